The summed E-state index contributed by atoms with van der Waals surface area (Å²) >= 11 is 1.46. The predicted octanol–water partition coefficient (Wildman–Crippen LogP) is 4.55. The van der Waals surface area contributed by atoms with Crippen molar-refractivity contribution in [2.24, 2.45) is 5.92 Å². The number of aromatic nitrogens is 1. The monoisotopic (exact) mass is 587 g/mol. The summed E-state index contributed by atoms with van der Waals surface area (Å²) in [6, 6.07) is 12.8. The van der Waals surface area contributed by atoms with Crippen molar-refractivity contribution in [3.8, 4) is 0 Å². The van der Waals surface area contributed by atoms with Crippen molar-refractivity contribution in [3.05, 3.63) is 64.1 Å². The maximum atomic E-state index is 14.5. The number of rotatable bonds is 8. The van der Waals surface area contributed by atoms with Crippen LogP contribution in [0.25, 0.3) is 10.8 Å². The van der Waals surface area contributed by atoms with Gasteiger partial charge in [-0.15, -0.1) is 11.3 Å². The molecule has 42 heavy (non-hydrogen) atoms. The lowest BCUT2D eigenvalue weighted by Gasteiger charge is -2.45. The fourth-order valence-corrected chi connectivity index (χ4v) is 7.92. The third-order valence-corrected chi connectivity index (χ3v) is 10.5. The highest BCUT2D eigenvalue weighted by molar-refractivity contribution is 7.10. The second-order valence-electron chi connectivity index (χ2n) is 12.1. The largest absolute Gasteiger partial charge is 0.343 e. The summed E-state index contributed by atoms with van der Waals surface area (Å²) in [6.07, 6.45) is 7.41. The van der Waals surface area contributed by atoms with Gasteiger partial charge in [0.05, 0.1) is 12.1 Å². The summed E-state index contributed by atoms with van der Waals surface area (Å²) in [4.78, 5) is 50.6. The van der Waals surface area contributed by atoms with Gasteiger partial charge in [0.1, 0.15) is 16.7 Å². The van der Waals surface area contributed by atoms with E-state index in [-0.39, 0.29) is 35.6 Å². The van der Waals surface area contributed by atoms with Gasteiger partial charge in [0, 0.05) is 30.1 Å². The van der Waals surface area contributed by atoms with Crippen LogP contribution < -0.4 is 10.6 Å². The Morgan fingerprint density at radius 1 is 0.976 bits per heavy atom. The third-order valence-electron chi connectivity index (χ3n) is 9.56. The van der Waals surface area contributed by atoms with Crippen LogP contribution in [0, 0.1) is 5.92 Å². The van der Waals surface area contributed by atoms with Crippen molar-refractivity contribution in [2.45, 2.75) is 76.0 Å². The Kier molecular flexibility index (Phi) is 8.70. The number of thiazole rings is 1. The summed E-state index contributed by atoms with van der Waals surface area (Å²) in [5, 5.41) is 10.7. The molecule has 1 aliphatic carbocycles. The van der Waals surface area contributed by atoms with E-state index in [0.29, 0.717) is 30.4 Å². The number of piperazine rings is 1. The second kappa shape index (κ2) is 12.6. The zero-order chi connectivity index (χ0) is 29.2. The highest BCUT2D eigenvalue weighted by Crippen LogP contribution is 2.37. The summed E-state index contributed by atoms with van der Waals surface area (Å²) < 4.78 is 0. The lowest BCUT2D eigenvalue weighted by molar-refractivity contribution is -0.144. The van der Waals surface area contributed by atoms with Gasteiger partial charge in [-0.25, -0.2) is 4.98 Å². The van der Waals surface area contributed by atoms with Gasteiger partial charge in [-0.1, -0.05) is 61.7 Å². The van der Waals surface area contributed by atoms with Crippen LogP contribution in [0.4, 0.5) is 0 Å². The fraction of sp³-hybridized carbons (Fsp3) is 0.515. The quantitative estimate of drug-likeness (QED) is 0.376. The normalized spacial score (nSPS) is 23.0. The van der Waals surface area contributed by atoms with Gasteiger partial charge in [-0.05, 0) is 62.9 Å². The number of hydrogen-bond acceptors (Lipinski definition) is 7. The van der Waals surface area contributed by atoms with Crippen molar-refractivity contribution >= 4 is 39.7 Å². The molecular weight excluding hydrogens is 546 g/mol. The Labute approximate surface area is 251 Å². The molecule has 2 saturated heterocycles. The Morgan fingerprint density at radius 3 is 2.57 bits per heavy atom. The van der Waals surface area contributed by atoms with E-state index in [1.165, 1.54) is 17.8 Å². The van der Waals surface area contributed by atoms with E-state index in [1.807, 2.05) is 59.7 Å². The molecule has 2 aliphatic heterocycles. The van der Waals surface area contributed by atoms with Crippen LogP contribution in [0.15, 0.2) is 47.8 Å². The van der Waals surface area contributed by atoms with Crippen LogP contribution in [0.5, 0.6) is 0 Å². The Morgan fingerprint density at radius 2 is 1.76 bits per heavy atom. The van der Waals surface area contributed by atoms with Crippen LogP contribution in [-0.4, -0.2) is 77.2 Å². The van der Waals surface area contributed by atoms with Crippen molar-refractivity contribution in [1.29, 1.82) is 0 Å². The molecule has 0 unspecified atom stereocenters. The Bertz CT molecular complexity index is 1440. The SMILES string of the molecule is CN[C@@H](C)C(=O)N[C@H](C(=O)N1C[C@H]2CCCN2C[C@H]1c1nc(C(=O)c2cccc3ccccc23)cs1)C1CCCCC1. The molecule has 2 aromatic carbocycles. The molecule has 0 bridgehead atoms. The first kappa shape index (κ1) is 29.0. The van der Waals surface area contributed by atoms with Crippen molar-refractivity contribution in [2.75, 3.05) is 26.7 Å². The number of carbonyl (C=O) groups excluding carboxylic acids is 3. The van der Waals surface area contributed by atoms with Crippen LogP contribution in [0.2, 0.25) is 0 Å². The number of benzene rings is 2. The molecule has 0 spiro atoms. The summed E-state index contributed by atoms with van der Waals surface area (Å²) in [6.45, 7) is 4.15. The van der Waals surface area contributed by atoms with Crippen LogP contribution in [0.3, 0.4) is 0 Å². The zero-order valence-electron chi connectivity index (χ0n) is 24.6. The predicted molar refractivity (Wildman–Crippen MR) is 166 cm³/mol. The first-order chi connectivity index (χ1) is 20.4. The average Bonchev–Trinajstić information content (AvgIpc) is 3.72. The van der Waals surface area contributed by atoms with Crippen LogP contribution in [0.1, 0.15) is 79.0 Å². The smallest absolute Gasteiger partial charge is 0.246 e. The first-order valence-corrected chi connectivity index (χ1v) is 16.3. The number of nitrogens with one attached hydrogen (secondary N) is 2. The van der Waals surface area contributed by atoms with Gasteiger partial charge in [0.15, 0.2) is 0 Å². The van der Waals surface area contributed by atoms with Crippen LogP contribution in [-0.2, 0) is 9.59 Å². The van der Waals surface area contributed by atoms with Gasteiger partial charge < -0.3 is 15.5 Å². The molecule has 9 heteroatoms. The molecule has 3 heterocycles. The highest BCUT2D eigenvalue weighted by atomic mass is 32.1. The lowest BCUT2D eigenvalue weighted by Crippen LogP contribution is -2.60. The van der Waals surface area contributed by atoms with E-state index in [4.69, 9.17) is 4.98 Å². The summed E-state index contributed by atoms with van der Waals surface area (Å²) in [5.41, 5.74) is 1.06. The third kappa shape index (κ3) is 5.74. The number of ketones is 1. The lowest BCUT2D eigenvalue weighted by atomic mass is 9.82. The molecule has 6 rings (SSSR count). The number of fused-ring (bicyclic) bond motifs is 2. The zero-order valence-corrected chi connectivity index (χ0v) is 25.4. The van der Waals surface area contributed by atoms with Crippen molar-refractivity contribution in [1.82, 2.24) is 25.4 Å². The molecule has 3 fully saturated rings. The van der Waals surface area contributed by atoms with E-state index in [2.05, 4.69) is 15.5 Å². The molecule has 3 aliphatic rings. The molecule has 3 aromatic rings. The maximum absolute atomic E-state index is 14.5. The summed E-state index contributed by atoms with van der Waals surface area (Å²) in [5.74, 6) is -0.126. The average molecular weight is 588 g/mol. The van der Waals surface area contributed by atoms with Gasteiger partial charge in [-0.2, -0.15) is 0 Å². The number of likely N-dealkylation sites (N-methyl/N-ethyl adjacent to an activating group) is 1. The van der Waals surface area contributed by atoms with Crippen molar-refractivity contribution < 1.29 is 14.4 Å². The van der Waals surface area contributed by atoms with E-state index in [9.17, 15) is 14.4 Å². The van der Waals surface area contributed by atoms with Crippen LogP contribution >= 0.6 is 11.3 Å². The fourth-order valence-electron chi connectivity index (χ4n) is 7.02. The first-order valence-electron chi connectivity index (χ1n) is 15.4. The van der Waals surface area contributed by atoms with E-state index in [1.54, 1.807) is 7.05 Å². The molecule has 222 valence electrons. The molecule has 2 amide bonds. The van der Waals surface area contributed by atoms with Gasteiger partial charge in [0.2, 0.25) is 17.6 Å². The van der Waals surface area contributed by atoms with Gasteiger partial charge >= 0.3 is 0 Å². The van der Waals surface area contributed by atoms with E-state index >= 15 is 0 Å². The molecule has 8 nitrogen and oxygen atoms in total. The maximum Gasteiger partial charge on any atom is 0.246 e. The highest BCUT2D eigenvalue weighted by Gasteiger charge is 2.44. The minimum atomic E-state index is -0.555. The van der Waals surface area contributed by atoms with Gasteiger partial charge in [0.25, 0.3) is 0 Å². The number of amides is 2. The number of nitrogens with zero attached hydrogens (tertiary/aromatic N) is 3. The van der Waals surface area contributed by atoms with Gasteiger partial charge in [-0.3, -0.25) is 19.3 Å². The molecule has 2 N–H and O–H groups in total. The minimum absolute atomic E-state index is 0.00719. The standard InChI is InChI=1S/C33H41N5O3S/c1-21(34-2)31(40)36-29(23-11-4-3-5-12-23)33(41)38-18-24-14-9-17-37(24)19-28(38)32-35-27(20-42-32)30(39)26-16-8-13-22-10-6-7-15-25(22)26/h6-8,10,13,15-16,20-21,23-24,28-29,34H,3-5,9,11-12,14,17-19H2,1-2H3,(H,36,40)/t21-,24+,28-,29-/m0/s1. The molecule has 1 saturated carbocycles. The molecule has 1 aromatic heterocycles. The second-order valence-corrected chi connectivity index (χ2v) is 13.0. The Balaban J connectivity index is 1.30. The topological polar surface area (TPSA) is 94.6 Å². The molecular formula is C33H41N5O3S. The molecule has 4 atom stereocenters. The number of carbonyl (C=O) groups is 3. The minimum Gasteiger partial charge on any atom is -0.343 e. The molecule has 0 radical (unpaired) electrons. The van der Waals surface area contributed by atoms with Crippen molar-refractivity contribution in [3.63, 3.8) is 0 Å². The van der Waals surface area contributed by atoms with E-state index in [0.717, 1.165) is 60.8 Å². The number of hydrogen-bond donors (Lipinski definition) is 2. The Hall–Kier alpha value is -3.14. The summed E-state index contributed by atoms with van der Waals surface area (Å²) in [7, 11) is 1.76. The van der Waals surface area contributed by atoms with E-state index < -0.39 is 6.04 Å².